The van der Waals surface area contributed by atoms with Crippen LogP contribution >= 0.6 is 12.4 Å². The Bertz CT molecular complexity index is 587. The van der Waals surface area contributed by atoms with Gasteiger partial charge in [0.25, 0.3) is 0 Å². The molecule has 1 fully saturated rings. The molecule has 0 saturated carbocycles. The lowest BCUT2D eigenvalue weighted by Gasteiger charge is -2.34. The Balaban J connectivity index is 0.00000220. The molecule has 1 aromatic rings. The minimum absolute atomic E-state index is 0. The van der Waals surface area contributed by atoms with Gasteiger partial charge in [0.1, 0.15) is 5.82 Å². The summed E-state index contributed by atoms with van der Waals surface area (Å²) in [4.78, 5) is 0.149. The van der Waals surface area contributed by atoms with Gasteiger partial charge in [-0.25, -0.2) is 17.5 Å². The van der Waals surface area contributed by atoms with Crippen molar-refractivity contribution in [2.45, 2.75) is 31.6 Å². The van der Waals surface area contributed by atoms with Crippen LogP contribution in [0.4, 0.5) is 4.39 Å². The molecule has 0 spiro atoms. The third-order valence-electron chi connectivity index (χ3n) is 3.93. The van der Waals surface area contributed by atoms with E-state index in [1.54, 1.807) is 6.92 Å². The number of piperidine rings is 1. The van der Waals surface area contributed by atoms with E-state index in [-0.39, 0.29) is 22.7 Å². The summed E-state index contributed by atoms with van der Waals surface area (Å²) in [7, 11) is -3.58. The molecular weight excluding hydrogens is 315 g/mol. The molecule has 4 nitrogen and oxygen atoms in total. The number of rotatable bonds is 4. The predicted octanol–water partition coefficient (Wildman–Crippen LogP) is 2.22. The first-order chi connectivity index (χ1) is 9.32. The topological polar surface area (TPSA) is 58.2 Å². The molecule has 21 heavy (non-hydrogen) atoms. The van der Waals surface area contributed by atoms with Crippen LogP contribution in [-0.2, 0) is 10.0 Å². The Hall–Kier alpha value is -0.690. The second kappa shape index (κ2) is 7.05. The number of sulfonamides is 1. The molecule has 120 valence electrons. The van der Waals surface area contributed by atoms with Crippen molar-refractivity contribution < 1.29 is 12.8 Å². The Labute approximate surface area is 132 Å². The van der Waals surface area contributed by atoms with Crippen LogP contribution in [0.3, 0.4) is 0 Å². The van der Waals surface area contributed by atoms with Crippen molar-refractivity contribution in [2.75, 3.05) is 19.6 Å². The lowest BCUT2D eigenvalue weighted by atomic mass is 9.81. The minimum Gasteiger partial charge on any atom is -0.317 e. The molecule has 0 bridgehead atoms. The standard InChI is InChI=1S/C14H21FN2O2S.ClH/c1-11-9-12(15)3-4-13(11)20(18,19)17-10-14(2)5-7-16-8-6-14;/h3-4,9,16-17H,5-8,10H2,1-2H3;1H. The van der Waals surface area contributed by atoms with Crippen molar-refractivity contribution in [1.82, 2.24) is 10.0 Å². The molecule has 1 aliphatic rings. The fourth-order valence-corrected chi connectivity index (χ4v) is 3.89. The fraction of sp³-hybridized carbons (Fsp3) is 0.571. The first-order valence-corrected chi connectivity index (χ1v) is 8.27. The van der Waals surface area contributed by atoms with E-state index in [2.05, 4.69) is 17.0 Å². The zero-order valence-corrected chi connectivity index (χ0v) is 13.9. The molecular formula is C14H22ClFN2O2S. The van der Waals surface area contributed by atoms with Gasteiger partial charge in [0.05, 0.1) is 4.90 Å². The summed E-state index contributed by atoms with van der Waals surface area (Å²) in [6.07, 6.45) is 1.88. The molecule has 0 aromatic heterocycles. The Kier molecular flexibility index (Phi) is 6.16. The number of benzene rings is 1. The summed E-state index contributed by atoms with van der Waals surface area (Å²) < 4.78 is 40.3. The number of hydrogen-bond donors (Lipinski definition) is 2. The van der Waals surface area contributed by atoms with Gasteiger partial charge in [-0.2, -0.15) is 0 Å². The van der Waals surface area contributed by atoms with Crippen LogP contribution < -0.4 is 10.0 Å². The third-order valence-corrected chi connectivity index (χ3v) is 5.49. The first kappa shape index (κ1) is 18.4. The maximum atomic E-state index is 13.1. The van der Waals surface area contributed by atoms with Crippen molar-refractivity contribution in [2.24, 2.45) is 5.41 Å². The van der Waals surface area contributed by atoms with Gasteiger partial charge in [-0.15, -0.1) is 12.4 Å². The SMILES string of the molecule is Cc1cc(F)ccc1S(=O)(=O)NCC1(C)CCNCC1.Cl. The average Bonchev–Trinajstić information content (AvgIpc) is 2.37. The van der Waals surface area contributed by atoms with E-state index >= 15 is 0 Å². The normalized spacial score (nSPS) is 18.0. The van der Waals surface area contributed by atoms with Gasteiger partial charge in [-0.05, 0) is 62.0 Å². The number of halogens is 2. The molecule has 1 saturated heterocycles. The van der Waals surface area contributed by atoms with Crippen molar-refractivity contribution in [3.8, 4) is 0 Å². The van der Waals surface area contributed by atoms with Crippen molar-refractivity contribution >= 4 is 22.4 Å². The minimum atomic E-state index is -3.58. The summed E-state index contributed by atoms with van der Waals surface area (Å²) in [6, 6.07) is 3.73. The molecule has 2 N–H and O–H groups in total. The second-order valence-electron chi connectivity index (χ2n) is 5.80. The van der Waals surface area contributed by atoms with Gasteiger partial charge >= 0.3 is 0 Å². The summed E-state index contributed by atoms with van der Waals surface area (Å²) in [5, 5.41) is 3.27. The molecule has 0 radical (unpaired) electrons. The lowest BCUT2D eigenvalue weighted by molar-refractivity contribution is 0.232. The van der Waals surface area contributed by atoms with Crippen LogP contribution in [0, 0.1) is 18.2 Å². The fourth-order valence-electron chi connectivity index (χ4n) is 2.47. The molecule has 7 heteroatoms. The van der Waals surface area contributed by atoms with Gasteiger partial charge in [0.15, 0.2) is 0 Å². The first-order valence-electron chi connectivity index (χ1n) is 6.79. The van der Waals surface area contributed by atoms with E-state index < -0.39 is 15.8 Å². The second-order valence-corrected chi connectivity index (χ2v) is 7.53. The molecule has 1 aromatic carbocycles. The van der Waals surface area contributed by atoms with Crippen LogP contribution in [0.25, 0.3) is 0 Å². The molecule has 0 amide bonds. The maximum Gasteiger partial charge on any atom is 0.240 e. The highest BCUT2D eigenvalue weighted by Gasteiger charge is 2.29. The van der Waals surface area contributed by atoms with Crippen molar-refractivity contribution in [3.63, 3.8) is 0 Å². The molecule has 1 heterocycles. The van der Waals surface area contributed by atoms with E-state index in [1.165, 1.54) is 18.2 Å². The summed E-state index contributed by atoms with van der Waals surface area (Å²) in [6.45, 7) is 5.92. The Morgan fingerprint density at radius 2 is 1.95 bits per heavy atom. The van der Waals surface area contributed by atoms with Gasteiger partial charge in [0, 0.05) is 6.54 Å². The zero-order chi connectivity index (χ0) is 14.8. The highest BCUT2D eigenvalue weighted by molar-refractivity contribution is 7.89. The third kappa shape index (κ3) is 4.64. The Morgan fingerprint density at radius 1 is 1.33 bits per heavy atom. The number of aryl methyl sites for hydroxylation is 1. The van der Waals surface area contributed by atoms with E-state index in [1.807, 2.05) is 0 Å². The monoisotopic (exact) mass is 336 g/mol. The molecule has 0 unspecified atom stereocenters. The summed E-state index contributed by atoms with van der Waals surface area (Å²) in [5.41, 5.74) is 0.402. The van der Waals surface area contributed by atoms with Crippen LogP contribution in [0.5, 0.6) is 0 Å². The number of nitrogens with one attached hydrogen (secondary N) is 2. The largest absolute Gasteiger partial charge is 0.317 e. The van der Waals surface area contributed by atoms with E-state index in [0.717, 1.165) is 25.9 Å². The smallest absolute Gasteiger partial charge is 0.240 e. The van der Waals surface area contributed by atoms with E-state index in [4.69, 9.17) is 0 Å². The zero-order valence-electron chi connectivity index (χ0n) is 12.3. The Morgan fingerprint density at radius 3 is 2.52 bits per heavy atom. The molecule has 1 aliphatic heterocycles. The van der Waals surface area contributed by atoms with Crippen molar-refractivity contribution in [1.29, 1.82) is 0 Å². The predicted molar refractivity (Wildman–Crippen MR) is 83.8 cm³/mol. The van der Waals surface area contributed by atoms with Crippen molar-refractivity contribution in [3.05, 3.63) is 29.6 Å². The maximum absolute atomic E-state index is 13.1. The van der Waals surface area contributed by atoms with Gasteiger partial charge < -0.3 is 5.32 Å². The van der Waals surface area contributed by atoms with Gasteiger partial charge in [-0.3, -0.25) is 0 Å². The van der Waals surface area contributed by atoms with Crippen LogP contribution in [0.2, 0.25) is 0 Å². The highest BCUT2D eigenvalue weighted by atomic mass is 35.5. The van der Waals surface area contributed by atoms with Crippen LogP contribution in [0.1, 0.15) is 25.3 Å². The molecule has 0 atom stereocenters. The molecule has 2 rings (SSSR count). The highest BCUT2D eigenvalue weighted by Crippen LogP contribution is 2.27. The van der Waals surface area contributed by atoms with Gasteiger partial charge in [0.2, 0.25) is 10.0 Å². The van der Waals surface area contributed by atoms with Gasteiger partial charge in [-0.1, -0.05) is 6.92 Å². The summed E-state index contributed by atoms with van der Waals surface area (Å²) >= 11 is 0. The quantitative estimate of drug-likeness (QED) is 0.886. The van der Waals surface area contributed by atoms with E-state index in [9.17, 15) is 12.8 Å². The van der Waals surface area contributed by atoms with Crippen LogP contribution in [-0.4, -0.2) is 28.1 Å². The average molecular weight is 337 g/mol. The molecule has 0 aliphatic carbocycles. The summed E-state index contributed by atoms with van der Waals surface area (Å²) in [5.74, 6) is -0.424. The van der Waals surface area contributed by atoms with Crippen LogP contribution in [0.15, 0.2) is 23.1 Å². The lowest BCUT2D eigenvalue weighted by Crippen LogP contribution is -2.42. The number of hydrogen-bond acceptors (Lipinski definition) is 3. The van der Waals surface area contributed by atoms with E-state index in [0.29, 0.717) is 12.1 Å².